The molecule has 3 rings (SSSR count). The van der Waals surface area contributed by atoms with Gasteiger partial charge in [-0.25, -0.2) is 9.78 Å². The number of allylic oxidation sites excluding steroid dienone is 1. The van der Waals surface area contributed by atoms with Gasteiger partial charge < -0.3 is 14.5 Å². The van der Waals surface area contributed by atoms with E-state index in [-0.39, 0.29) is 23.7 Å². The Morgan fingerprint density at radius 1 is 1.42 bits per heavy atom. The Bertz CT molecular complexity index is 953. The van der Waals surface area contributed by atoms with E-state index in [2.05, 4.69) is 30.9 Å². The van der Waals surface area contributed by atoms with Crippen LogP contribution in [0.3, 0.4) is 0 Å². The lowest BCUT2D eigenvalue weighted by molar-refractivity contribution is 0.0519. The topological polar surface area (TPSA) is 143 Å². The van der Waals surface area contributed by atoms with E-state index < -0.39 is 5.97 Å². The number of carbonyl (C=O) groups excluding carboxylic acids is 1. The maximum absolute atomic E-state index is 11.6. The van der Waals surface area contributed by atoms with Crippen molar-refractivity contribution in [3.05, 3.63) is 48.2 Å². The molecule has 2 aromatic heterocycles. The van der Waals surface area contributed by atoms with Gasteiger partial charge in [-0.15, -0.1) is 10.2 Å². The number of hydrogen-bond donors (Lipinski definition) is 2. The summed E-state index contributed by atoms with van der Waals surface area (Å²) in [5, 5.41) is 25.3. The molecule has 0 atom stereocenters. The molecule has 0 fully saturated rings. The molecule has 1 aromatic carbocycles. The number of aromatic amines is 1. The first-order valence-corrected chi connectivity index (χ1v) is 7.55. The third kappa shape index (κ3) is 3.73. The number of tetrazole rings is 1. The van der Waals surface area contributed by atoms with Crippen LogP contribution in [0.25, 0.3) is 17.0 Å². The summed E-state index contributed by atoms with van der Waals surface area (Å²) in [5.74, 6) is -0.0287. The van der Waals surface area contributed by atoms with Crippen molar-refractivity contribution < 1.29 is 13.9 Å². The number of aromatic nitrogens is 5. The van der Waals surface area contributed by atoms with Gasteiger partial charge in [0, 0.05) is 17.5 Å². The monoisotopic (exact) mass is 351 g/mol. The molecule has 0 radical (unpaired) electrons. The van der Waals surface area contributed by atoms with Crippen molar-refractivity contribution in [3.8, 4) is 17.5 Å². The number of anilines is 1. The molecular formula is C16H13N7O3. The molecule has 0 saturated heterocycles. The second-order valence-corrected chi connectivity index (χ2v) is 4.89. The van der Waals surface area contributed by atoms with Gasteiger partial charge in [-0.3, -0.25) is 0 Å². The lowest BCUT2D eigenvalue weighted by Crippen LogP contribution is -2.04. The maximum Gasteiger partial charge on any atom is 0.360 e. The second-order valence-electron chi connectivity index (χ2n) is 4.89. The molecule has 0 saturated carbocycles. The molecule has 0 unspecified atom stereocenters. The van der Waals surface area contributed by atoms with Crippen molar-refractivity contribution in [2.75, 3.05) is 11.9 Å². The fourth-order valence-corrected chi connectivity index (χ4v) is 1.99. The van der Waals surface area contributed by atoms with Crippen LogP contribution in [0.15, 0.2) is 41.1 Å². The van der Waals surface area contributed by atoms with Gasteiger partial charge in [-0.2, -0.15) is 10.5 Å². The Morgan fingerprint density at radius 2 is 2.23 bits per heavy atom. The Hall–Kier alpha value is -4.00. The number of nitrogens with one attached hydrogen (secondary N) is 2. The van der Waals surface area contributed by atoms with Crippen LogP contribution in [0.1, 0.15) is 23.2 Å². The Labute approximate surface area is 147 Å². The van der Waals surface area contributed by atoms with Gasteiger partial charge in [0.15, 0.2) is 5.69 Å². The van der Waals surface area contributed by atoms with Gasteiger partial charge in [-0.05, 0) is 36.4 Å². The smallest absolute Gasteiger partial charge is 0.360 e. The molecule has 0 aliphatic heterocycles. The average Bonchev–Trinajstić information content (AvgIpc) is 3.35. The SMILES string of the molecule is CCOC(=O)c1coc(-c2ccc(NC=C(C#N)c3nn[nH]n3)cc2)n1. The van der Waals surface area contributed by atoms with E-state index in [1.165, 1.54) is 12.5 Å². The Balaban J connectivity index is 1.71. The average molecular weight is 351 g/mol. The summed E-state index contributed by atoms with van der Waals surface area (Å²) >= 11 is 0. The lowest BCUT2D eigenvalue weighted by Gasteiger charge is -2.02. The zero-order valence-electron chi connectivity index (χ0n) is 13.6. The number of oxazole rings is 1. The summed E-state index contributed by atoms with van der Waals surface area (Å²) in [6.07, 6.45) is 2.73. The number of nitrogens with zero attached hydrogens (tertiary/aromatic N) is 5. The molecule has 0 bridgehead atoms. The predicted molar refractivity (Wildman–Crippen MR) is 89.3 cm³/mol. The number of ether oxygens (including phenoxy) is 1. The van der Waals surface area contributed by atoms with Gasteiger partial charge >= 0.3 is 5.97 Å². The van der Waals surface area contributed by atoms with E-state index in [1.807, 2.05) is 6.07 Å². The number of rotatable bonds is 6. The first kappa shape index (κ1) is 16.8. The fourth-order valence-electron chi connectivity index (χ4n) is 1.99. The van der Waals surface area contributed by atoms with Crippen LogP contribution < -0.4 is 5.32 Å². The van der Waals surface area contributed by atoms with E-state index in [0.29, 0.717) is 11.5 Å². The first-order chi connectivity index (χ1) is 12.7. The molecule has 10 heteroatoms. The van der Waals surface area contributed by atoms with Gasteiger partial charge in [0.05, 0.1) is 6.61 Å². The van der Waals surface area contributed by atoms with Gasteiger partial charge in [0.25, 0.3) is 0 Å². The largest absolute Gasteiger partial charge is 0.461 e. The number of carbonyl (C=O) groups is 1. The van der Waals surface area contributed by atoms with Crippen LogP contribution in [-0.4, -0.2) is 38.2 Å². The number of H-pyrrole nitrogens is 1. The zero-order valence-corrected chi connectivity index (χ0v) is 13.6. The highest BCUT2D eigenvalue weighted by atomic mass is 16.5. The third-order valence-electron chi connectivity index (χ3n) is 3.21. The van der Waals surface area contributed by atoms with Crippen LogP contribution >= 0.6 is 0 Å². The summed E-state index contributed by atoms with van der Waals surface area (Å²) in [7, 11) is 0. The fraction of sp³-hybridized carbons (Fsp3) is 0.125. The molecule has 10 nitrogen and oxygen atoms in total. The lowest BCUT2D eigenvalue weighted by atomic mass is 10.2. The molecule has 0 aliphatic rings. The quantitative estimate of drug-likeness (QED) is 0.503. The standard InChI is InChI=1S/C16H13N7O3/c1-2-25-16(24)13-9-26-15(19-13)10-3-5-12(6-4-10)18-8-11(7-17)14-20-22-23-21-14/h3-6,8-9,18H,2H2,1H3,(H,20,21,22,23). The van der Waals surface area contributed by atoms with E-state index in [0.717, 1.165) is 5.69 Å². The van der Waals surface area contributed by atoms with E-state index in [1.54, 1.807) is 31.2 Å². The van der Waals surface area contributed by atoms with Crippen LogP contribution in [0, 0.1) is 11.3 Å². The van der Waals surface area contributed by atoms with E-state index in [9.17, 15) is 4.79 Å². The third-order valence-corrected chi connectivity index (χ3v) is 3.21. The zero-order chi connectivity index (χ0) is 18.4. The van der Waals surface area contributed by atoms with E-state index >= 15 is 0 Å². The minimum Gasteiger partial charge on any atom is -0.461 e. The van der Waals surface area contributed by atoms with Crippen LogP contribution in [0.5, 0.6) is 0 Å². The number of benzene rings is 1. The van der Waals surface area contributed by atoms with Crippen molar-refractivity contribution in [2.24, 2.45) is 0 Å². The summed E-state index contributed by atoms with van der Waals surface area (Å²) < 4.78 is 10.2. The number of esters is 1. The molecule has 2 heterocycles. The summed E-state index contributed by atoms with van der Waals surface area (Å²) in [6.45, 7) is 1.99. The van der Waals surface area contributed by atoms with Crippen LogP contribution in [0.2, 0.25) is 0 Å². The van der Waals surface area contributed by atoms with E-state index in [4.69, 9.17) is 14.4 Å². The van der Waals surface area contributed by atoms with Crippen molar-refractivity contribution in [1.29, 1.82) is 5.26 Å². The molecule has 0 amide bonds. The molecule has 0 spiro atoms. The number of nitriles is 1. The minimum absolute atomic E-state index is 0.116. The molecule has 0 aliphatic carbocycles. The van der Waals surface area contributed by atoms with Crippen molar-refractivity contribution in [3.63, 3.8) is 0 Å². The molecule has 130 valence electrons. The van der Waals surface area contributed by atoms with Gasteiger partial charge in [0.1, 0.15) is 17.9 Å². The van der Waals surface area contributed by atoms with Crippen molar-refractivity contribution in [1.82, 2.24) is 25.6 Å². The first-order valence-electron chi connectivity index (χ1n) is 7.55. The highest BCUT2D eigenvalue weighted by Crippen LogP contribution is 2.21. The normalized spacial score (nSPS) is 11.0. The molecule has 3 aromatic rings. The number of hydrogen-bond acceptors (Lipinski definition) is 9. The van der Waals surface area contributed by atoms with Crippen molar-refractivity contribution >= 4 is 17.2 Å². The van der Waals surface area contributed by atoms with Gasteiger partial charge in [0.2, 0.25) is 11.7 Å². The molecule has 2 N–H and O–H groups in total. The Kier molecular flexibility index (Phi) is 5.00. The summed E-state index contributed by atoms with van der Waals surface area (Å²) in [4.78, 5) is 15.7. The summed E-state index contributed by atoms with van der Waals surface area (Å²) in [5.41, 5.74) is 1.76. The minimum atomic E-state index is -0.531. The highest BCUT2D eigenvalue weighted by molar-refractivity contribution is 5.87. The van der Waals surface area contributed by atoms with Crippen LogP contribution in [-0.2, 0) is 4.74 Å². The highest BCUT2D eigenvalue weighted by Gasteiger charge is 2.14. The Morgan fingerprint density at radius 3 is 2.88 bits per heavy atom. The maximum atomic E-state index is 11.6. The molecule has 26 heavy (non-hydrogen) atoms. The second kappa shape index (κ2) is 7.71. The van der Waals surface area contributed by atoms with Crippen LogP contribution in [0.4, 0.5) is 5.69 Å². The molecular weight excluding hydrogens is 338 g/mol. The predicted octanol–water partition coefficient (Wildman–Crippen LogP) is 2.01. The van der Waals surface area contributed by atoms with Crippen molar-refractivity contribution in [2.45, 2.75) is 6.92 Å². The summed E-state index contributed by atoms with van der Waals surface area (Å²) in [6, 6.07) is 9.04. The van der Waals surface area contributed by atoms with Gasteiger partial charge in [-0.1, -0.05) is 0 Å².